The van der Waals surface area contributed by atoms with Gasteiger partial charge in [-0.1, -0.05) is 23.4 Å². The van der Waals surface area contributed by atoms with Gasteiger partial charge in [-0.25, -0.2) is 9.37 Å². The number of benzene rings is 2. The van der Waals surface area contributed by atoms with Gasteiger partial charge < -0.3 is 9.88 Å². The van der Waals surface area contributed by atoms with Crippen LogP contribution in [0.3, 0.4) is 0 Å². The third kappa shape index (κ3) is 6.06. The molecule has 0 unspecified atom stereocenters. The molecule has 0 atom stereocenters. The highest BCUT2D eigenvalue weighted by Gasteiger charge is 2.33. The Morgan fingerprint density at radius 2 is 1.78 bits per heavy atom. The summed E-state index contributed by atoms with van der Waals surface area (Å²) in [6.07, 6.45) is -1.30. The fourth-order valence-electron chi connectivity index (χ4n) is 3.52. The number of aromatic amines is 1. The number of halogens is 5. The summed E-state index contributed by atoms with van der Waals surface area (Å²) in [6, 6.07) is 12.4. The minimum atomic E-state index is -4.54. The standard InChI is InChI=1S/C25H19ClF4N4OS/c1-34(13-15-8-10-31-11-9-15)23(35)22-21(16-2-5-19(27)6-3-16)32-24(33-22)36-14-17-12-18(26)4-7-20(17)25(28,29)30/h2-12H,13-14H2,1H3,(H,32,33). The number of nitrogens with zero attached hydrogens (tertiary/aromatic N) is 3. The lowest BCUT2D eigenvalue weighted by Crippen LogP contribution is -2.27. The number of rotatable bonds is 7. The van der Waals surface area contributed by atoms with Gasteiger partial charge in [-0.3, -0.25) is 9.78 Å². The van der Waals surface area contributed by atoms with Crippen molar-refractivity contribution >= 4 is 29.3 Å². The van der Waals surface area contributed by atoms with Gasteiger partial charge in [0.2, 0.25) is 0 Å². The molecule has 0 spiro atoms. The number of imidazole rings is 1. The van der Waals surface area contributed by atoms with Crippen LogP contribution in [0.15, 0.2) is 72.1 Å². The number of H-pyrrole nitrogens is 1. The molecule has 2 aromatic carbocycles. The minimum absolute atomic E-state index is 0.0117. The minimum Gasteiger partial charge on any atom is -0.336 e. The average molecular weight is 535 g/mol. The molecule has 0 saturated carbocycles. The first-order valence-corrected chi connectivity index (χ1v) is 12.0. The van der Waals surface area contributed by atoms with E-state index in [2.05, 4.69) is 15.0 Å². The topological polar surface area (TPSA) is 61.9 Å². The maximum Gasteiger partial charge on any atom is 0.416 e. The number of nitrogens with one attached hydrogen (secondary N) is 1. The van der Waals surface area contributed by atoms with Gasteiger partial charge in [0, 0.05) is 42.3 Å². The third-order valence-corrected chi connectivity index (χ3v) is 6.42. The first-order valence-electron chi connectivity index (χ1n) is 10.6. The predicted octanol–water partition coefficient (Wildman–Crippen LogP) is 6.85. The Hall–Kier alpha value is -3.37. The van der Waals surface area contributed by atoms with Crippen LogP contribution in [0.2, 0.25) is 5.02 Å². The van der Waals surface area contributed by atoms with E-state index in [0.717, 1.165) is 23.4 Å². The SMILES string of the molecule is CN(Cc1ccncc1)C(=O)c1[nH]c(SCc2cc(Cl)ccc2C(F)(F)F)nc1-c1ccc(F)cc1. The van der Waals surface area contributed by atoms with Crippen molar-refractivity contribution in [3.63, 3.8) is 0 Å². The highest BCUT2D eigenvalue weighted by atomic mass is 35.5. The smallest absolute Gasteiger partial charge is 0.336 e. The second-order valence-corrected chi connectivity index (χ2v) is 9.28. The molecule has 4 rings (SSSR count). The Kier molecular flexibility index (Phi) is 7.65. The molecule has 186 valence electrons. The summed E-state index contributed by atoms with van der Waals surface area (Å²) in [5.41, 5.74) is 0.951. The fraction of sp³-hybridized carbons (Fsp3) is 0.160. The zero-order valence-corrected chi connectivity index (χ0v) is 20.4. The highest BCUT2D eigenvalue weighted by molar-refractivity contribution is 7.98. The molecule has 4 aromatic rings. The molecule has 1 amide bonds. The highest BCUT2D eigenvalue weighted by Crippen LogP contribution is 2.36. The molecule has 0 fully saturated rings. The van der Waals surface area contributed by atoms with Crippen LogP contribution in [0, 0.1) is 5.82 Å². The van der Waals surface area contributed by atoms with Crippen molar-refractivity contribution in [2.75, 3.05) is 7.05 Å². The Morgan fingerprint density at radius 1 is 1.08 bits per heavy atom. The van der Waals surface area contributed by atoms with E-state index in [9.17, 15) is 22.4 Å². The molecular formula is C25H19ClF4N4OS. The summed E-state index contributed by atoms with van der Waals surface area (Å²) in [7, 11) is 1.62. The van der Waals surface area contributed by atoms with Gasteiger partial charge >= 0.3 is 6.18 Å². The number of thioether (sulfide) groups is 1. The second-order valence-electron chi connectivity index (χ2n) is 7.88. The van der Waals surface area contributed by atoms with Crippen LogP contribution >= 0.6 is 23.4 Å². The van der Waals surface area contributed by atoms with Crippen LogP contribution in [-0.4, -0.2) is 32.8 Å². The van der Waals surface area contributed by atoms with Gasteiger partial charge in [0.25, 0.3) is 5.91 Å². The maximum atomic E-state index is 13.5. The molecule has 2 aromatic heterocycles. The van der Waals surface area contributed by atoms with Crippen LogP contribution in [-0.2, 0) is 18.5 Å². The van der Waals surface area contributed by atoms with Crippen molar-refractivity contribution in [3.05, 3.63) is 100 Å². The van der Waals surface area contributed by atoms with Crippen molar-refractivity contribution in [1.82, 2.24) is 19.9 Å². The summed E-state index contributed by atoms with van der Waals surface area (Å²) in [4.78, 5) is 26.2. The Bertz CT molecular complexity index is 1360. The van der Waals surface area contributed by atoms with Crippen LogP contribution in [0.5, 0.6) is 0 Å². The van der Waals surface area contributed by atoms with Gasteiger partial charge in [0.1, 0.15) is 17.2 Å². The first-order chi connectivity index (χ1) is 17.1. The number of alkyl halides is 3. The monoisotopic (exact) mass is 534 g/mol. The third-order valence-electron chi connectivity index (χ3n) is 5.27. The van der Waals surface area contributed by atoms with E-state index in [1.165, 1.54) is 41.3 Å². The van der Waals surface area contributed by atoms with Crippen LogP contribution in [0.25, 0.3) is 11.3 Å². The molecule has 11 heteroatoms. The molecule has 0 saturated heterocycles. The lowest BCUT2D eigenvalue weighted by atomic mass is 10.1. The molecule has 2 heterocycles. The van der Waals surface area contributed by atoms with Crippen LogP contribution < -0.4 is 0 Å². The summed E-state index contributed by atoms with van der Waals surface area (Å²) >= 11 is 6.93. The lowest BCUT2D eigenvalue weighted by Gasteiger charge is -2.17. The summed E-state index contributed by atoms with van der Waals surface area (Å²) < 4.78 is 53.8. The van der Waals surface area contributed by atoms with Crippen molar-refractivity contribution in [2.45, 2.75) is 23.6 Å². The van der Waals surface area contributed by atoms with Gasteiger partial charge in [-0.15, -0.1) is 0 Å². The van der Waals surface area contributed by atoms with Gasteiger partial charge in [-0.2, -0.15) is 13.2 Å². The predicted molar refractivity (Wildman–Crippen MR) is 130 cm³/mol. The van der Waals surface area contributed by atoms with Crippen LogP contribution in [0.1, 0.15) is 27.2 Å². The van der Waals surface area contributed by atoms with E-state index in [1.54, 1.807) is 31.6 Å². The van der Waals surface area contributed by atoms with E-state index >= 15 is 0 Å². The van der Waals surface area contributed by atoms with Crippen molar-refractivity contribution in [3.8, 4) is 11.3 Å². The number of hydrogen-bond acceptors (Lipinski definition) is 4. The molecule has 0 bridgehead atoms. The quantitative estimate of drug-likeness (QED) is 0.208. The van der Waals surface area contributed by atoms with E-state index in [0.29, 0.717) is 12.1 Å². The Morgan fingerprint density at radius 3 is 2.44 bits per heavy atom. The number of carbonyl (C=O) groups is 1. The lowest BCUT2D eigenvalue weighted by molar-refractivity contribution is -0.138. The molecule has 0 aliphatic heterocycles. The molecule has 0 aliphatic carbocycles. The molecule has 0 aliphatic rings. The van der Waals surface area contributed by atoms with E-state index in [1.807, 2.05) is 0 Å². The summed E-state index contributed by atoms with van der Waals surface area (Å²) in [5.74, 6) is -0.928. The molecule has 1 N–H and O–H groups in total. The molecule has 5 nitrogen and oxygen atoms in total. The van der Waals surface area contributed by atoms with Crippen molar-refractivity contribution in [2.24, 2.45) is 0 Å². The van der Waals surface area contributed by atoms with Gasteiger partial charge in [0.05, 0.1) is 5.56 Å². The Labute approximate surface area is 213 Å². The zero-order chi connectivity index (χ0) is 25.9. The molecule has 36 heavy (non-hydrogen) atoms. The largest absolute Gasteiger partial charge is 0.416 e. The second kappa shape index (κ2) is 10.7. The number of aromatic nitrogens is 3. The van der Waals surface area contributed by atoms with E-state index in [-0.39, 0.29) is 38.8 Å². The van der Waals surface area contributed by atoms with Crippen molar-refractivity contribution in [1.29, 1.82) is 0 Å². The Balaban J connectivity index is 1.64. The van der Waals surface area contributed by atoms with Crippen molar-refractivity contribution < 1.29 is 22.4 Å². The average Bonchev–Trinajstić information content (AvgIpc) is 3.27. The zero-order valence-electron chi connectivity index (χ0n) is 18.8. The summed E-state index contributed by atoms with van der Waals surface area (Å²) in [6.45, 7) is 0.295. The summed E-state index contributed by atoms with van der Waals surface area (Å²) in [5, 5.41) is 0.418. The normalized spacial score (nSPS) is 11.5. The number of carbonyl (C=O) groups excluding carboxylic acids is 1. The molecular weight excluding hydrogens is 516 g/mol. The number of hydrogen-bond donors (Lipinski definition) is 1. The van der Waals surface area contributed by atoms with E-state index < -0.39 is 17.6 Å². The van der Waals surface area contributed by atoms with Gasteiger partial charge in [-0.05, 0) is 65.7 Å². The van der Waals surface area contributed by atoms with Crippen LogP contribution in [0.4, 0.5) is 17.6 Å². The van der Waals surface area contributed by atoms with E-state index in [4.69, 9.17) is 11.6 Å². The maximum absolute atomic E-state index is 13.5. The first kappa shape index (κ1) is 25.7. The number of pyridine rings is 1. The fourth-order valence-corrected chi connectivity index (χ4v) is 4.58. The number of amides is 1. The molecule has 0 radical (unpaired) electrons. The van der Waals surface area contributed by atoms with Gasteiger partial charge in [0.15, 0.2) is 5.16 Å².